The molecule has 1 aromatic carbocycles. The second-order valence-electron chi connectivity index (χ2n) is 7.24. The lowest BCUT2D eigenvalue weighted by molar-refractivity contribution is -0.144. The predicted molar refractivity (Wildman–Crippen MR) is 83.2 cm³/mol. The standard InChI is InChI=1S/C18H20F2N2O2/c19-14-5-12(6-15(20)7-14)18(24)21-8-11-4-13(10-21)16-2-1-3-17(23)22(16)9-11/h5-7,11,13,16H,1-4,8-10H2/t11?,13?,16-/m1/s1. The van der Waals surface area contributed by atoms with Crippen LogP contribution in [-0.2, 0) is 4.79 Å². The van der Waals surface area contributed by atoms with Crippen molar-refractivity contribution in [1.82, 2.24) is 9.80 Å². The van der Waals surface area contributed by atoms with Gasteiger partial charge in [0.2, 0.25) is 5.91 Å². The number of benzene rings is 1. The summed E-state index contributed by atoms with van der Waals surface area (Å²) in [7, 11) is 0. The van der Waals surface area contributed by atoms with Crippen LogP contribution in [0.2, 0.25) is 0 Å². The van der Waals surface area contributed by atoms with Crippen LogP contribution in [-0.4, -0.2) is 47.3 Å². The van der Waals surface area contributed by atoms with Crippen LogP contribution in [0.15, 0.2) is 18.2 Å². The van der Waals surface area contributed by atoms with Crippen molar-refractivity contribution >= 4 is 11.8 Å². The second-order valence-corrected chi connectivity index (χ2v) is 7.24. The van der Waals surface area contributed by atoms with Crippen LogP contribution in [0, 0.1) is 23.5 Å². The molecule has 3 fully saturated rings. The normalized spacial score (nSPS) is 29.4. The number of nitrogens with zero attached hydrogens (tertiary/aromatic N) is 2. The minimum Gasteiger partial charge on any atom is -0.339 e. The molecule has 6 heteroatoms. The van der Waals surface area contributed by atoms with Crippen LogP contribution in [0.3, 0.4) is 0 Å². The molecule has 0 aromatic heterocycles. The summed E-state index contributed by atoms with van der Waals surface area (Å²) in [5.74, 6) is -1.04. The zero-order valence-electron chi connectivity index (χ0n) is 13.4. The van der Waals surface area contributed by atoms with E-state index in [4.69, 9.17) is 0 Å². The summed E-state index contributed by atoms with van der Waals surface area (Å²) in [6.45, 7) is 1.80. The Bertz CT molecular complexity index is 673. The molecule has 3 aliphatic heterocycles. The molecular weight excluding hydrogens is 314 g/mol. The highest BCUT2D eigenvalue weighted by molar-refractivity contribution is 5.94. The van der Waals surface area contributed by atoms with Crippen LogP contribution < -0.4 is 0 Å². The highest BCUT2D eigenvalue weighted by Gasteiger charge is 2.44. The van der Waals surface area contributed by atoms with E-state index in [0.717, 1.165) is 37.5 Å². The van der Waals surface area contributed by atoms with Gasteiger partial charge in [-0.3, -0.25) is 9.59 Å². The molecule has 2 bridgehead atoms. The monoisotopic (exact) mass is 334 g/mol. The number of carbonyl (C=O) groups excluding carboxylic acids is 2. The lowest BCUT2D eigenvalue weighted by atomic mass is 9.76. The molecule has 3 aliphatic rings. The van der Waals surface area contributed by atoms with Gasteiger partial charge in [-0.25, -0.2) is 8.78 Å². The summed E-state index contributed by atoms with van der Waals surface area (Å²) in [5.41, 5.74) is 0.0593. The van der Waals surface area contributed by atoms with Gasteiger partial charge in [0.05, 0.1) is 0 Å². The minimum absolute atomic E-state index is 0.0593. The van der Waals surface area contributed by atoms with Crippen molar-refractivity contribution in [3.05, 3.63) is 35.4 Å². The quantitative estimate of drug-likeness (QED) is 0.791. The van der Waals surface area contributed by atoms with Crippen molar-refractivity contribution in [2.75, 3.05) is 19.6 Å². The Kier molecular flexibility index (Phi) is 3.77. The van der Waals surface area contributed by atoms with Gasteiger partial charge in [-0.2, -0.15) is 0 Å². The van der Waals surface area contributed by atoms with Crippen molar-refractivity contribution in [2.24, 2.45) is 11.8 Å². The lowest BCUT2D eigenvalue weighted by Gasteiger charge is -2.52. The lowest BCUT2D eigenvalue weighted by Crippen LogP contribution is -2.61. The molecule has 3 saturated heterocycles. The summed E-state index contributed by atoms with van der Waals surface area (Å²) >= 11 is 0. The summed E-state index contributed by atoms with van der Waals surface area (Å²) in [4.78, 5) is 28.5. The first-order chi connectivity index (χ1) is 11.5. The van der Waals surface area contributed by atoms with E-state index in [1.165, 1.54) is 0 Å². The van der Waals surface area contributed by atoms with Crippen LogP contribution >= 0.6 is 0 Å². The molecule has 2 unspecified atom stereocenters. The first kappa shape index (κ1) is 15.5. The number of hydrogen-bond donors (Lipinski definition) is 0. The molecule has 1 aromatic rings. The summed E-state index contributed by atoms with van der Waals surface area (Å²) < 4.78 is 26.8. The number of piperidine rings is 3. The Morgan fingerprint density at radius 3 is 2.58 bits per heavy atom. The summed E-state index contributed by atoms with van der Waals surface area (Å²) in [6.07, 6.45) is 3.54. The van der Waals surface area contributed by atoms with Gasteiger partial charge in [0.25, 0.3) is 5.91 Å². The first-order valence-corrected chi connectivity index (χ1v) is 8.56. The molecule has 4 rings (SSSR count). The molecule has 3 heterocycles. The fourth-order valence-electron chi connectivity index (χ4n) is 4.64. The van der Waals surface area contributed by atoms with E-state index in [-0.39, 0.29) is 35.3 Å². The molecule has 24 heavy (non-hydrogen) atoms. The molecule has 0 saturated carbocycles. The van der Waals surface area contributed by atoms with E-state index in [9.17, 15) is 18.4 Å². The SMILES string of the molecule is O=C(c1cc(F)cc(F)c1)N1CC2CC(C1)[C@H]1CCCC(=O)N1C2. The van der Waals surface area contributed by atoms with E-state index in [1.54, 1.807) is 4.90 Å². The number of amides is 2. The average Bonchev–Trinajstić information content (AvgIpc) is 2.54. The molecule has 4 nitrogen and oxygen atoms in total. The number of rotatable bonds is 1. The smallest absolute Gasteiger partial charge is 0.254 e. The number of likely N-dealkylation sites (tertiary alicyclic amines) is 1. The van der Waals surface area contributed by atoms with Crippen molar-refractivity contribution in [3.8, 4) is 0 Å². The fourth-order valence-corrected chi connectivity index (χ4v) is 4.64. The topological polar surface area (TPSA) is 40.6 Å². The van der Waals surface area contributed by atoms with Gasteiger partial charge in [-0.1, -0.05) is 0 Å². The number of fused-ring (bicyclic) bond motifs is 4. The van der Waals surface area contributed by atoms with Gasteiger partial charge < -0.3 is 9.80 Å². The Hall–Kier alpha value is -1.98. The van der Waals surface area contributed by atoms with Crippen LogP contribution in [0.5, 0.6) is 0 Å². The van der Waals surface area contributed by atoms with Crippen molar-refractivity contribution in [1.29, 1.82) is 0 Å². The maximum Gasteiger partial charge on any atom is 0.254 e. The first-order valence-electron chi connectivity index (χ1n) is 8.56. The zero-order chi connectivity index (χ0) is 16.8. The van der Waals surface area contributed by atoms with Crippen LogP contribution in [0.4, 0.5) is 8.78 Å². The molecule has 0 aliphatic carbocycles. The van der Waals surface area contributed by atoms with E-state index in [2.05, 4.69) is 0 Å². The summed E-state index contributed by atoms with van der Waals surface area (Å²) in [5, 5.41) is 0. The molecule has 2 amide bonds. The number of carbonyl (C=O) groups is 2. The van der Waals surface area contributed by atoms with E-state index in [0.29, 0.717) is 26.1 Å². The van der Waals surface area contributed by atoms with Gasteiger partial charge in [-0.05, 0) is 43.2 Å². The minimum atomic E-state index is -0.736. The van der Waals surface area contributed by atoms with Gasteiger partial charge in [-0.15, -0.1) is 0 Å². The van der Waals surface area contributed by atoms with E-state index in [1.807, 2.05) is 4.90 Å². The molecule has 0 N–H and O–H groups in total. The molecular formula is C18H20F2N2O2. The summed E-state index contributed by atoms with van der Waals surface area (Å²) in [6, 6.07) is 3.16. The van der Waals surface area contributed by atoms with Crippen molar-refractivity contribution < 1.29 is 18.4 Å². The van der Waals surface area contributed by atoms with Crippen LogP contribution in [0.1, 0.15) is 36.0 Å². The maximum absolute atomic E-state index is 13.4. The van der Waals surface area contributed by atoms with E-state index >= 15 is 0 Å². The van der Waals surface area contributed by atoms with Gasteiger partial charge in [0.1, 0.15) is 11.6 Å². The highest BCUT2D eigenvalue weighted by atomic mass is 19.1. The maximum atomic E-state index is 13.4. The van der Waals surface area contributed by atoms with Gasteiger partial charge >= 0.3 is 0 Å². The van der Waals surface area contributed by atoms with Crippen molar-refractivity contribution in [3.63, 3.8) is 0 Å². The molecule has 0 radical (unpaired) electrons. The number of hydrogen-bond acceptors (Lipinski definition) is 2. The fraction of sp³-hybridized carbons (Fsp3) is 0.556. The van der Waals surface area contributed by atoms with E-state index < -0.39 is 11.6 Å². The Morgan fingerprint density at radius 1 is 1.08 bits per heavy atom. The van der Waals surface area contributed by atoms with Gasteiger partial charge in [0, 0.05) is 43.7 Å². The van der Waals surface area contributed by atoms with Crippen LogP contribution in [0.25, 0.3) is 0 Å². The Labute approximate surface area is 139 Å². The highest BCUT2D eigenvalue weighted by Crippen LogP contribution is 2.38. The Morgan fingerprint density at radius 2 is 1.83 bits per heavy atom. The third-order valence-corrected chi connectivity index (χ3v) is 5.58. The molecule has 128 valence electrons. The largest absolute Gasteiger partial charge is 0.339 e. The second kappa shape index (κ2) is 5.83. The van der Waals surface area contributed by atoms with Gasteiger partial charge in [0.15, 0.2) is 0 Å². The van der Waals surface area contributed by atoms with Crippen molar-refractivity contribution in [2.45, 2.75) is 31.7 Å². The third kappa shape index (κ3) is 2.68. The average molecular weight is 334 g/mol. The zero-order valence-corrected chi connectivity index (χ0v) is 13.4. The third-order valence-electron chi connectivity index (χ3n) is 5.58. The number of halogens is 2. The molecule has 3 atom stereocenters. The predicted octanol–water partition coefficient (Wildman–Crippen LogP) is 2.44. The Balaban J connectivity index is 1.55. The molecule has 0 spiro atoms.